The van der Waals surface area contributed by atoms with Crippen molar-refractivity contribution in [2.45, 2.75) is 30.5 Å². The maximum atomic E-state index is 13.5. The van der Waals surface area contributed by atoms with Gasteiger partial charge in [0.1, 0.15) is 10.7 Å². The minimum absolute atomic E-state index is 0.104. The summed E-state index contributed by atoms with van der Waals surface area (Å²) in [6.45, 7) is 2.75. The molecule has 0 aromatic heterocycles. The van der Waals surface area contributed by atoms with E-state index >= 15 is 0 Å². The quantitative estimate of drug-likeness (QED) is 0.833. The second-order valence-corrected chi connectivity index (χ2v) is 6.49. The van der Waals surface area contributed by atoms with E-state index in [1.54, 1.807) is 0 Å². The average Bonchev–Trinajstić information content (AvgIpc) is 2.26. The van der Waals surface area contributed by atoms with Crippen LogP contribution in [0, 0.1) is 5.82 Å². The summed E-state index contributed by atoms with van der Waals surface area (Å²) in [6.07, 6.45) is -4.76. The minimum atomic E-state index is -4.76. The van der Waals surface area contributed by atoms with Crippen LogP contribution in [-0.2, 0) is 16.2 Å². The van der Waals surface area contributed by atoms with Gasteiger partial charge < -0.3 is 5.73 Å². The van der Waals surface area contributed by atoms with E-state index in [4.69, 9.17) is 5.73 Å². The maximum absolute atomic E-state index is 13.5. The second-order valence-electron chi connectivity index (χ2n) is 4.84. The summed E-state index contributed by atoms with van der Waals surface area (Å²) in [5.41, 5.74) is 2.97. The van der Waals surface area contributed by atoms with Gasteiger partial charge in [0, 0.05) is 12.1 Å². The first-order chi connectivity index (χ1) is 8.89. The van der Waals surface area contributed by atoms with Gasteiger partial charge in [0.15, 0.2) is 0 Å². The Morgan fingerprint density at radius 3 is 2.25 bits per heavy atom. The molecule has 1 rings (SSSR count). The van der Waals surface area contributed by atoms with Gasteiger partial charge in [-0.2, -0.15) is 13.2 Å². The first-order valence-electron chi connectivity index (χ1n) is 5.50. The number of hydrogen-bond acceptors (Lipinski definition) is 3. The van der Waals surface area contributed by atoms with Gasteiger partial charge in [0.2, 0.25) is 10.0 Å². The van der Waals surface area contributed by atoms with Gasteiger partial charge in [-0.05, 0) is 32.0 Å². The predicted molar refractivity (Wildman–Crippen MR) is 64.9 cm³/mol. The Labute approximate surface area is 114 Å². The zero-order valence-electron chi connectivity index (χ0n) is 10.8. The van der Waals surface area contributed by atoms with Crippen LogP contribution in [0.5, 0.6) is 0 Å². The molecular weight excluding hydrogens is 300 g/mol. The molecule has 0 atom stereocenters. The number of nitrogens with two attached hydrogens (primary N) is 1. The molecule has 0 amide bonds. The monoisotopic (exact) mass is 314 g/mol. The molecule has 9 heteroatoms. The van der Waals surface area contributed by atoms with Crippen LogP contribution in [0.15, 0.2) is 23.1 Å². The van der Waals surface area contributed by atoms with Crippen LogP contribution < -0.4 is 10.5 Å². The Morgan fingerprint density at radius 2 is 1.80 bits per heavy atom. The van der Waals surface area contributed by atoms with Crippen LogP contribution in [0.3, 0.4) is 0 Å². The highest BCUT2D eigenvalue weighted by Gasteiger charge is 2.34. The van der Waals surface area contributed by atoms with Gasteiger partial charge in [-0.25, -0.2) is 17.5 Å². The van der Waals surface area contributed by atoms with Gasteiger partial charge in [0.05, 0.1) is 5.56 Å². The van der Waals surface area contributed by atoms with Crippen molar-refractivity contribution in [1.29, 1.82) is 0 Å². The second kappa shape index (κ2) is 5.30. The summed E-state index contributed by atoms with van der Waals surface area (Å²) in [4.78, 5) is -1.06. The molecule has 0 heterocycles. The van der Waals surface area contributed by atoms with E-state index in [-0.39, 0.29) is 12.6 Å². The lowest BCUT2D eigenvalue weighted by Gasteiger charge is -2.24. The molecule has 20 heavy (non-hydrogen) atoms. The number of rotatable bonds is 4. The highest BCUT2D eigenvalue weighted by Crippen LogP contribution is 2.31. The molecule has 0 aliphatic heterocycles. The Balaban J connectivity index is 3.32. The van der Waals surface area contributed by atoms with Crippen molar-refractivity contribution in [3.63, 3.8) is 0 Å². The summed E-state index contributed by atoms with van der Waals surface area (Å²) >= 11 is 0. The van der Waals surface area contributed by atoms with E-state index in [9.17, 15) is 26.0 Å². The third-order valence-electron chi connectivity index (χ3n) is 2.47. The molecule has 0 fully saturated rings. The molecule has 4 nitrogen and oxygen atoms in total. The predicted octanol–water partition coefficient (Wildman–Crippen LogP) is 1.86. The molecule has 1 aromatic rings. The Morgan fingerprint density at radius 1 is 1.25 bits per heavy atom. The van der Waals surface area contributed by atoms with Gasteiger partial charge in [0.25, 0.3) is 0 Å². The summed E-state index contributed by atoms with van der Waals surface area (Å²) in [5, 5.41) is 0. The zero-order valence-corrected chi connectivity index (χ0v) is 11.6. The highest BCUT2D eigenvalue weighted by atomic mass is 32.2. The van der Waals surface area contributed by atoms with Crippen molar-refractivity contribution < 1.29 is 26.0 Å². The fourth-order valence-electron chi connectivity index (χ4n) is 1.35. The number of alkyl halides is 3. The van der Waals surface area contributed by atoms with Gasteiger partial charge in [-0.3, -0.25) is 0 Å². The van der Waals surface area contributed by atoms with Gasteiger partial charge in [-0.1, -0.05) is 0 Å². The molecule has 0 saturated heterocycles. The summed E-state index contributed by atoms with van der Waals surface area (Å²) in [7, 11) is -4.45. The molecule has 0 radical (unpaired) electrons. The number of halogens is 4. The molecule has 0 aliphatic rings. The SMILES string of the molecule is CC(C)(CN)NS(=O)(=O)c1cc(C(F)(F)F)ccc1F. The van der Waals surface area contributed by atoms with E-state index in [0.29, 0.717) is 12.1 Å². The lowest BCUT2D eigenvalue weighted by atomic mass is 10.1. The van der Waals surface area contributed by atoms with Crippen LogP contribution in [-0.4, -0.2) is 20.5 Å². The summed E-state index contributed by atoms with van der Waals surface area (Å²) < 4.78 is 77.0. The van der Waals surface area contributed by atoms with E-state index in [1.165, 1.54) is 13.8 Å². The third-order valence-corrected chi connectivity index (χ3v) is 4.18. The van der Waals surface area contributed by atoms with E-state index in [0.717, 1.165) is 0 Å². The Bertz CT molecular complexity index is 597. The van der Waals surface area contributed by atoms with Crippen LogP contribution in [0.2, 0.25) is 0 Å². The van der Waals surface area contributed by atoms with Crippen molar-refractivity contribution in [3.8, 4) is 0 Å². The molecule has 3 N–H and O–H groups in total. The largest absolute Gasteiger partial charge is 0.416 e. The number of sulfonamides is 1. The first kappa shape index (κ1) is 16.9. The Kier molecular flexibility index (Phi) is 4.47. The fraction of sp³-hybridized carbons (Fsp3) is 0.455. The van der Waals surface area contributed by atoms with Crippen LogP contribution in [0.4, 0.5) is 17.6 Å². The summed E-state index contributed by atoms with van der Waals surface area (Å²) in [6, 6.07) is 1.19. The molecule has 0 bridgehead atoms. The Hall–Kier alpha value is -1.19. The third kappa shape index (κ3) is 3.90. The van der Waals surface area contributed by atoms with Crippen molar-refractivity contribution in [2.24, 2.45) is 5.73 Å². The van der Waals surface area contributed by atoms with Crippen molar-refractivity contribution >= 4 is 10.0 Å². The van der Waals surface area contributed by atoms with Crippen LogP contribution >= 0.6 is 0 Å². The molecular formula is C11H14F4N2O2S. The van der Waals surface area contributed by atoms with Crippen LogP contribution in [0.25, 0.3) is 0 Å². The number of hydrogen-bond donors (Lipinski definition) is 2. The lowest BCUT2D eigenvalue weighted by Crippen LogP contribution is -2.48. The summed E-state index contributed by atoms with van der Waals surface area (Å²) in [5.74, 6) is -1.27. The first-order valence-corrected chi connectivity index (χ1v) is 6.98. The fourth-order valence-corrected chi connectivity index (χ4v) is 2.87. The maximum Gasteiger partial charge on any atom is 0.416 e. The standard InChI is InChI=1S/C11H14F4N2O2S/c1-10(2,6-16)17-20(18,19)9-5-7(11(13,14)15)3-4-8(9)12/h3-5,17H,6,16H2,1-2H3. The molecule has 0 saturated carbocycles. The number of nitrogens with one attached hydrogen (secondary N) is 1. The average molecular weight is 314 g/mol. The van der Waals surface area contributed by atoms with E-state index < -0.39 is 38.0 Å². The van der Waals surface area contributed by atoms with E-state index in [1.807, 2.05) is 0 Å². The number of benzene rings is 1. The lowest BCUT2D eigenvalue weighted by molar-refractivity contribution is -0.137. The molecule has 114 valence electrons. The van der Waals surface area contributed by atoms with Crippen molar-refractivity contribution in [1.82, 2.24) is 4.72 Å². The van der Waals surface area contributed by atoms with Gasteiger partial charge in [-0.15, -0.1) is 0 Å². The smallest absolute Gasteiger partial charge is 0.329 e. The minimum Gasteiger partial charge on any atom is -0.329 e. The van der Waals surface area contributed by atoms with Gasteiger partial charge >= 0.3 is 6.18 Å². The molecule has 0 spiro atoms. The molecule has 0 unspecified atom stereocenters. The van der Waals surface area contributed by atoms with E-state index in [2.05, 4.69) is 4.72 Å². The highest BCUT2D eigenvalue weighted by molar-refractivity contribution is 7.89. The van der Waals surface area contributed by atoms with Crippen molar-refractivity contribution in [2.75, 3.05) is 6.54 Å². The van der Waals surface area contributed by atoms with Crippen LogP contribution in [0.1, 0.15) is 19.4 Å². The zero-order chi connectivity index (χ0) is 15.8. The normalized spacial score (nSPS) is 13.6. The topological polar surface area (TPSA) is 72.2 Å². The molecule has 0 aliphatic carbocycles. The molecule has 1 aromatic carbocycles. The van der Waals surface area contributed by atoms with Crippen molar-refractivity contribution in [3.05, 3.63) is 29.6 Å².